The Morgan fingerprint density at radius 2 is 1.94 bits per heavy atom. The SMILES string of the molecule is CSC1(CNC(=O)[C@H](N)C(C)(C)C)CCCC1. The third kappa shape index (κ3) is 3.88. The van der Waals surface area contributed by atoms with Crippen LogP contribution in [0.2, 0.25) is 0 Å². The Labute approximate surface area is 109 Å². The molecule has 17 heavy (non-hydrogen) atoms. The number of amides is 1. The molecule has 1 aliphatic rings. The third-order valence-corrected chi connectivity index (χ3v) is 5.17. The van der Waals surface area contributed by atoms with Crippen LogP contribution in [0.4, 0.5) is 0 Å². The van der Waals surface area contributed by atoms with Crippen molar-refractivity contribution in [3.8, 4) is 0 Å². The van der Waals surface area contributed by atoms with Gasteiger partial charge in [-0.05, 0) is 24.5 Å². The molecule has 0 aromatic rings. The summed E-state index contributed by atoms with van der Waals surface area (Å²) in [7, 11) is 0. The number of nitrogens with one attached hydrogen (secondary N) is 1. The maximum Gasteiger partial charge on any atom is 0.237 e. The van der Waals surface area contributed by atoms with E-state index in [2.05, 4.69) is 11.6 Å². The summed E-state index contributed by atoms with van der Waals surface area (Å²) in [6, 6.07) is -0.428. The van der Waals surface area contributed by atoms with Gasteiger partial charge in [0.1, 0.15) is 0 Å². The highest BCUT2D eigenvalue weighted by Crippen LogP contribution is 2.39. The van der Waals surface area contributed by atoms with E-state index in [1.165, 1.54) is 25.7 Å². The monoisotopic (exact) mass is 258 g/mol. The number of rotatable bonds is 4. The molecular formula is C13H26N2OS. The summed E-state index contributed by atoms with van der Waals surface area (Å²) in [4.78, 5) is 12.0. The van der Waals surface area contributed by atoms with Crippen LogP contribution in [-0.4, -0.2) is 29.5 Å². The molecule has 1 aliphatic carbocycles. The zero-order valence-corrected chi connectivity index (χ0v) is 12.3. The van der Waals surface area contributed by atoms with Gasteiger partial charge in [-0.25, -0.2) is 0 Å². The molecule has 1 fully saturated rings. The molecule has 4 heteroatoms. The molecule has 100 valence electrons. The Morgan fingerprint density at radius 1 is 1.41 bits per heavy atom. The number of carbonyl (C=O) groups is 1. The highest BCUT2D eigenvalue weighted by atomic mass is 32.2. The average Bonchev–Trinajstić information content (AvgIpc) is 2.73. The van der Waals surface area contributed by atoms with Gasteiger partial charge in [0.2, 0.25) is 5.91 Å². The van der Waals surface area contributed by atoms with E-state index in [4.69, 9.17) is 5.73 Å². The predicted octanol–water partition coefficient (Wildman–Crippen LogP) is 2.15. The van der Waals surface area contributed by atoms with E-state index in [0.29, 0.717) is 0 Å². The standard InChI is InChI=1S/C13H26N2OS/c1-12(2,3)10(14)11(16)15-9-13(17-4)7-5-6-8-13/h10H,5-9,14H2,1-4H3,(H,15,16)/t10-/m0/s1. The van der Waals surface area contributed by atoms with E-state index in [-0.39, 0.29) is 16.1 Å². The van der Waals surface area contributed by atoms with Crippen LogP contribution in [0.3, 0.4) is 0 Å². The minimum absolute atomic E-state index is 0.0159. The average molecular weight is 258 g/mol. The van der Waals surface area contributed by atoms with Crippen LogP contribution in [0.25, 0.3) is 0 Å². The van der Waals surface area contributed by atoms with Gasteiger partial charge < -0.3 is 11.1 Å². The van der Waals surface area contributed by atoms with E-state index in [1.54, 1.807) is 0 Å². The Kier molecular flexibility index (Phi) is 4.90. The second-order valence-electron chi connectivity index (χ2n) is 6.16. The zero-order valence-electron chi connectivity index (χ0n) is 11.5. The van der Waals surface area contributed by atoms with Crippen molar-refractivity contribution in [1.29, 1.82) is 0 Å². The second kappa shape index (κ2) is 5.61. The van der Waals surface area contributed by atoms with E-state index in [0.717, 1.165) is 6.54 Å². The maximum atomic E-state index is 12.0. The fraction of sp³-hybridized carbons (Fsp3) is 0.923. The van der Waals surface area contributed by atoms with Gasteiger partial charge in [-0.3, -0.25) is 4.79 Å². The van der Waals surface area contributed by atoms with Crippen molar-refractivity contribution in [1.82, 2.24) is 5.32 Å². The lowest BCUT2D eigenvalue weighted by Gasteiger charge is -2.30. The highest BCUT2D eigenvalue weighted by molar-refractivity contribution is 8.00. The summed E-state index contributed by atoms with van der Waals surface area (Å²) in [5.74, 6) is -0.0159. The molecule has 1 atom stereocenters. The largest absolute Gasteiger partial charge is 0.353 e. The molecule has 0 aromatic heterocycles. The van der Waals surface area contributed by atoms with E-state index in [1.807, 2.05) is 32.5 Å². The molecule has 0 spiro atoms. The molecule has 1 amide bonds. The first kappa shape index (κ1) is 14.8. The lowest BCUT2D eigenvalue weighted by molar-refractivity contribution is -0.124. The first-order valence-corrected chi connectivity index (χ1v) is 7.62. The van der Waals surface area contributed by atoms with Gasteiger partial charge >= 0.3 is 0 Å². The summed E-state index contributed by atoms with van der Waals surface area (Å²) in [5, 5.41) is 3.04. The molecule has 0 saturated heterocycles. The molecular weight excluding hydrogens is 232 g/mol. The molecule has 1 saturated carbocycles. The second-order valence-corrected chi connectivity index (χ2v) is 7.43. The molecule has 0 radical (unpaired) electrons. The van der Waals surface area contributed by atoms with Crippen molar-refractivity contribution in [2.75, 3.05) is 12.8 Å². The van der Waals surface area contributed by atoms with Crippen molar-refractivity contribution in [3.05, 3.63) is 0 Å². The molecule has 0 aliphatic heterocycles. The van der Waals surface area contributed by atoms with Crippen molar-refractivity contribution in [3.63, 3.8) is 0 Å². The fourth-order valence-corrected chi connectivity index (χ4v) is 3.14. The van der Waals surface area contributed by atoms with E-state index in [9.17, 15) is 4.79 Å². The molecule has 0 bridgehead atoms. The summed E-state index contributed by atoms with van der Waals surface area (Å²) in [5.41, 5.74) is 5.77. The van der Waals surface area contributed by atoms with Crippen LogP contribution in [-0.2, 0) is 4.79 Å². The number of nitrogens with two attached hydrogens (primary N) is 1. The van der Waals surface area contributed by atoms with Crippen LogP contribution >= 0.6 is 11.8 Å². The Bertz CT molecular complexity index is 267. The van der Waals surface area contributed by atoms with Gasteiger partial charge in [-0.15, -0.1) is 0 Å². The van der Waals surface area contributed by atoms with Gasteiger partial charge in [0.15, 0.2) is 0 Å². The van der Waals surface area contributed by atoms with Crippen LogP contribution in [0, 0.1) is 5.41 Å². The number of thioether (sulfide) groups is 1. The fourth-order valence-electron chi connectivity index (χ4n) is 2.22. The Morgan fingerprint density at radius 3 is 2.35 bits per heavy atom. The number of carbonyl (C=O) groups excluding carboxylic acids is 1. The van der Waals surface area contributed by atoms with E-state index < -0.39 is 6.04 Å². The summed E-state index contributed by atoms with van der Waals surface area (Å²) in [6.07, 6.45) is 7.11. The normalized spacial score (nSPS) is 21.2. The van der Waals surface area contributed by atoms with Crippen LogP contribution in [0.1, 0.15) is 46.5 Å². The van der Waals surface area contributed by atoms with Gasteiger partial charge in [-0.2, -0.15) is 11.8 Å². The van der Waals surface area contributed by atoms with E-state index >= 15 is 0 Å². The molecule has 3 N–H and O–H groups in total. The summed E-state index contributed by atoms with van der Waals surface area (Å²) in [6.45, 7) is 6.75. The van der Waals surface area contributed by atoms with Crippen LogP contribution in [0.15, 0.2) is 0 Å². The molecule has 0 heterocycles. The summed E-state index contributed by atoms with van der Waals surface area (Å²) >= 11 is 1.89. The van der Waals surface area contributed by atoms with Crippen molar-refractivity contribution in [2.45, 2.75) is 57.2 Å². The van der Waals surface area contributed by atoms with Crippen LogP contribution in [0.5, 0.6) is 0 Å². The minimum Gasteiger partial charge on any atom is -0.353 e. The number of hydrogen-bond donors (Lipinski definition) is 2. The molecule has 1 rings (SSSR count). The smallest absolute Gasteiger partial charge is 0.237 e. The van der Waals surface area contributed by atoms with Crippen molar-refractivity contribution >= 4 is 17.7 Å². The minimum atomic E-state index is -0.428. The van der Waals surface area contributed by atoms with Gasteiger partial charge in [0.25, 0.3) is 0 Å². The summed E-state index contributed by atoms with van der Waals surface area (Å²) < 4.78 is 0.257. The van der Waals surface area contributed by atoms with Crippen molar-refractivity contribution in [2.24, 2.45) is 11.1 Å². The third-order valence-electron chi connectivity index (χ3n) is 3.75. The number of hydrogen-bond acceptors (Lipinski definition) is 3. The van der Waals surface area contributed by atoms with Crippen LogP contribution < -0.4 is 11.1 Å². The van der Waals surface area contributed by atoms with Gasteiger partial charge in [0, 0.05) is 11.3 Å². The van der Waals surface area contributed by atoms with Gasteiger partial charge in [0.05, 0.1) is 6.04 Å². The predicted molar refractivity (Wildman–Crippen MR) is 75.2 cm³/mol. The lowest BCUT2D eigenvalue weighted by Crippen LogP contribution is -2.51. The Hall–Kier alpha value is -0.220. The van der Waals surface area contributed by atoms with Gasteiger partial charge in [-0.1, -0.05) is 33.6 Å². The topological polar surface area (TPSA) is 55.1 Å². The quantitative estimate of drug-likeness (QED) is 0.812. The molecule has 0 aromatic carbocycles. The first-order valence-electron chi connectivity index (χ1n) is 6.39. The zero-order chi connectivity index (χ0) is 13.1. The molecule has 3 nitrogen and oxygen atoms in total. The molecule has 0 unspecified atom stereocenters. The lowest BCUT2D eigenvalue weighted by atomic mass is 9.87. The Balaban J connectivity index is 2.47. The van der Waals surface area contributed by atoms with Crippen molar-refractivity contribution < 1.29 is 4.79 Å². The highest BCUT2D eigenvalue weighted by Gasteiger charge is 2.35. The first-order chi connectivity index (χ1) is 7.81. The maximum absolute atomic E-state index is 12.0.